The molecule has 4 heteroatoms. The predicted molar refractivity (Wildman–Crippen MR) is 77.2 cm³/mol. The number of nitrogens with one attached hydrogen (secondary N) is 1. The minimum absolute atomic E-state index is 0.0418. The Morgan fingerprint density at radius 3 is 2.30 bits per heavy atom. The fourth-order valence-corrected chi connectivity index (χ4v) is 3.94. The van der Waals surface area contributed by atoms with Crippen LogP contribution >= 0.6 is 0 Å². The lowest BCUT2D eigenvalue weighted by Gasteiger charge is -2.29. The van der Waals surface area contributed by atoms with Crippen molar-refractivity contribution >= 4 is 11.9 Å². The van der Waals surface area contributed by atoms with E-state index < -0.39 is 11.9 Å². The minimum atomic E-state index is -0.820. The lowest BCUT2D eigenvalue weighted by Crippen LogP contribution is -2.43. The summed E-state index contributed by atoms with van der Waals surface area (Å²) in [6.45, 7) is 4.11. The smallest absolute Gasteiger partial charge is 0.307 e. The summed E-state index contributed by atoms with van der Waals surface area (Å²) in [5.41, 5.74) is 0. The standard InChI is InChI=1S/C16H27NO3/c1-10-8-13(14(9-10)16(19)20)15(18)17-11(2)12-6-4-3-5-7-12/h10-14H,3-9H2,1-2H3,(H,17,18)(H,19,20)/t10?,11?,13-,14+/m0/s1. The molecule has 0 spiro atoms. The first-order valence-electron chi connectivity index (χ1n) is 8.02. The summed E-state index contributed by atoms with van der Waals surface area (Å²) in [6, 6.07) is 0.174. The molecule has 0 saturated heterocycles. The van der Waals surface area contributed by atoms with Crippen molar-refractivity contribution in [1.29, 1.82) is 0 Å². The second-order valence-corrected chi connectivity index (χ2v) is 6.82. The highest BCUT2D eigenvalue weighted by molar-refractivity contribution is 5.85. The van der Waals surface area contributed by atoms with E-state index in [1.807, 2.05) is 6.92 Å². The molecule has 2 fully saturated rings. The molecule has 0 radical (unpaired) electrons. The van der Waals surface area contributed by atoms with Crippen LogP contribution in [0.1, 0.15) is 58.8 Å². The zero-order valence-electron chi connectivity index (χ0n) is 12.6. The van der Waals surface area contributed by atoms with Gasteiger partial charge in [0.15, 0.2) is 0 Å². The molecule has 0 aromatic heterocycles. The molecule has 4 nitrogen and oxygen atoms in total. The van der Waals surface area contributed by atoms with E-state index in [4.69, 9.17) is 0 Å². The summed E-state index contributed by atoms with van der Waals surface area (Å²) < 4.78 is 0. The van der Waals surface area contributed by atoms with Gasteiger partial charge in [0, 0.05) is 6.04 Å². The van der Waals surface area contributed by atoms with Crippen LogP contribution in [0.4, 0.5) is 0 Å². The topological polar surface area (TPSA) is 66.4 Å². The van der Waals surface area contributed by atoms with Crippen molar-refractivity contribution < 1.29 is 14.7 Å². The Morgan fingerprint density at radius 2 is 1.70 bits per heavy atom. The quantitative estimate of drug-likeness (QED) is 0.832. The summed E-state index contributed by atoms with van der Waals surface area (Å²) >= 11 is 0. The molecule has 0 aliphatic heterocycles. The van der Waals surface area contributed by atoms with Crippen LogP contribution in [0.3, 0.4) is 0 Å². The molecular formula is C16H27NO3. The normalized spacial score (nSPS) is 32.8. The van der Waals surface area contributed by atoms with Gasteiger partial charge in [0.1, 0.15) is 0 Å². The van der Waals surface area contributed by atoms with Gasteiger partial charge in [-0.15, -0.1) is 0 Å². The minimum Gasteiger partial charge on any atom is -0.481 e. The highest BCUT2D eigenvalue weighted by atomic mass is 16.4. The molecule has 2 unspecified atom stereocenters. The average molecular weight is 281 g/mol. The Bertz CT molecular complexity index is 363. The SMILES string of the molecule is CC1C[C@H](C(=O)NC(C)C2CCCCC2)[C@H](C(=O)O)C1. The van der Waals surface area contributed by atoms with Gasteiger partial charge in [-0.05, 0) is 44.4 Å². The summed E-state index contributed by atoms with van der Waals surface area (Å²) in [6.07, 6.45) is 7.52. The Kier molecular flexibility index (Phi) is 5.06. The van der Waals surface area contributed by atoms with Crippen LogP contribution in [0.25, 0.3) is 0 Å². The van der Waals surface area contributed by atoms with Gasteiger partial charge in [-0.1, -0.05) is 26.2 Å². The summed E-state index contributed by atoms with van der Waals surface area (Å²) in [5, 5.41) is 12.3. The van der Waals surface area contributed by atoms with Gasteiger partial charge in [0.05, 0.1) is 11.8 Å². The van der Waals surface area contributed by atoms with E-state index in [9.17, 15) is 14.7 Å². The van der Waals surface area contributed by atoms with Crippen molar-refractivity contribution in [2.24, 2.45) is 23.7 Å². The van der Waals surface area contributed by atoms with Crippen LogP contribution < -0.4 is 5.32 Å². The van der Waals surface area contributed by atoms with E-state index in [2.05, 4.69) is 12.2 Å². The van der Waals surface area contributed by atoms with Crippen molar-refractivity contribution in [3.8, 4) is 0 Å². The molecule has 4 atom stereocenters. The van der Waals surface area contributed by atoms with E-state index in [0.29, 0.717) is 24.7 Å². The third-order valence-electron chi connectivity index (χ3n) is 5.18. The maximum atomic E-state index is 12.4. The molecule has 20 heavy (non-hydrogen) atoms. The van der Waals surface area contributed by atoms with E-state index in [1.165, 1.54) is 32.1 Å². The summed E-state index contributed by atoms with van der Waals surface area (Å²) in [5.74, 6) is -0.802. The number of amides is 1. The summed E-state index contributed by atoms with van der Waals surface area (Å²) in [4.78, 5) is 23.7. The lowest BCUT2D eigenvalue weighted by atomic mass is 9.84. The Morgan fingerprint density at radius 1 is 1.10 bits per heavy atom. The van der Waals surface area contributed by atoms with E-state index in [0.717, 1.165) is 0 Å². The largest absolute Gasteiger partial charge is 0.481 e. The van der Waals surface area contributed by atoms with Crippen LogP contribution in [-0.2, 0) is 9.59 Å². The van der Waals surface area contributed by atoms with Crippen molar-refractivity contribution in [2.75, 3.05) is 0 Å². The number of hydrogen-bond acceptors (Lipinski definition) is 2. The second kappa shape index (κ2) is 6.59. The fourth-order valence-electron chi connectivity index (χ4n) is 3.94. The Balaban J connectivity index is 1.91. The average Bonchev–Trinajstić information content (AvgIpc) is 2.82. The molecule has 2 rings (SSSR count). The lowest BCUT2D eigenvalue weighted by molar-refractivity contribution is -0.146. The predicted octanol–water partition coefficient (Wildman–Crippen LogP) is 2.82. The van der Waals surface area contributed by atoms with E-state index in [1.54, 1.807) is 0 Å². The van der Waals surface area contributed by atoms with Gasteiger partial charge in [-0.25, -0.2) is 0 Å². The van der Waals surface area contributed by atoms with Crippen LogP contribution in [0.5, 0.6) is 0 Å². The van der Waals surface area contributed by atoms with Gasteiger partial charge in [-0.3, -0.25) is 9.59 Å². The molecule has 2 aliphatic carbocycles. The maximum Gasteiger partial charge on any atom is 0.307 e. The highest BCUT2D eigenvalue weighted by Gasteiger charge is 2.41. The van der Waals surface area contributed by atoms with Crippen LogP contribution in [-0.4, -0.2) is 23.0 Å². The van der Waals surface area contributed by atoms with Crippen LogP contribution in [0.15, 0.2) is 0 Å². The van der Waals surface area contributed by atoms with Crippen molar-refractivity contribution in [3.05, 3.63) is 0 Å². The molecule has 114 valence electrons. The molecule has 2 aliphatic rings. The van der Waals surface area contributed by atoms with Crippen molar-refractivity contribution in [2.45, 2.75) is 64.8 Å². The van der Waals surface area contributed by atoms with Gasteiger partial charge in [0.25, 0.3) is 0 Å². The number of carboxylic acid groups (broad SMARTS) is 1. The van der Waals surface area contributed by atoms with Gasteiger partial charge in [0.2, 0.25) is 5.91 Å². The first-order chi connectivity index (χ1) is 9.49. The maximum absolute atomic E-state index is 12.4. The molecule has 2 saturated carbocycles. The number of carboxylic acids is 1. The second-order valence-electron chi connectivity index (χ2n) is 6.82. The van der Waals surface area contributed by atoms with E-state index >= 15 is 0 Å². The number of rotatable bonds is 4. The first-order valence-corrected chi connectivity index (χ1v) is 8.02. The molecule has 0 aromatic rings. The monoisotopic (exact) mass is 281 g/mol. The van der Waals surface area contributed by atoms with Gasteiger partial charge in [-0.2, -0.15) is 0 Å². The number of carbonyl (C=O) groups excluding carboxylic acids is 1. The molecular weight excluding hydrogens is 254 g/mol. The van der Waals surface area contributed by atoms with Gasteiger partial charge < -0.3 is 10.4 Å². The molecule has 0 heterocycles. The first kappa shape index (κ1) is 15.3. The van der Waals surface area contributed by atoms with Crippen molar-refractivity contribution in [3.63, 3.8) is 0 Å². The third kappa shape index (κ3) is 3.53. The van der Waals surface area contributed by atoms with Crippen LogP contribution in [0.2, 0.25) is 0 Å². The number of aliphatic carboxylic acids is 1. The fraction of sp³-hybridized carbons (Fsp3) is 0.875. The highest BCUT2D eigenvalue weighted by Crippen LogP contribution is 2.37. The van der Waals surface area contributed by atoms with Crippen LogP contribution in [0, 0.1) is 23.7 Å². The summed E-state index contributed by atoms with van der Waals surface area (Å²) in [7, 11) is 0. The zero-order valence-corrected chi connectivity index (χ0v) is 12.6. The molecule has 1 amide bonds. The van der Waals surface area contributed by atoms with E-state index in [-0.39, 0.29) is 17.9 Å². The zero-order chi connectivity index (χ0) is 14.7. The molecule has 2 N–H and O–H groups in total. The van der Waals surface area contributed by atoms with Gasteiger partial charge >= 0.3 is 5.97 Å². The Hall–Kier alpha value is -1.06. The van der Waals surface area contributed by atoms with Crippen molar-refractivity contribution in [1.82, 2.24) is 5.32 Å². The third-order valence-corrected chi connectivity index (χ3v) is 5.18. The Labute approximate surface area is 121 Å². The molecule has 0 bridgehead atoms. The number of hydrogen-bond donors (Lipinski definition) is 2. The molecule has 0 aromatic carbocycles. The number of carbonyl (C=O) groups is 2.